The third-order valence-electron chi connectivity index (χ3n) is 2.66. The fraction of sp³-hybridized carbons (Fsp3) is 0.909. The molecule has 1 aliphatic rings. The lowest BCUT2D eigenvalue weighted by atomic mass is 10.00. The molecule has 0 aliphatic carbocycles. The van der Waals surface area contributed by atoms with E-state index in [-0.39, 0.29) is 23.5 Å². The summed E-state index contributed by atoms with van der Waals surface area (Å²) in [6.45, 7) is 5.90. The van der Waals surface area contributed by atoms with Crippen LogP contribution in [0.2, 0.25) is 0 Å². The van der Waals surface area contributed by atoms with E-state index >= 15 is 0 Å². The molecule has 88 valence electrons. The molecule has 1 rings (SSSR count). The molecular formula is C11H19ClO3. The highest BCUT2D eigenvalue weighted by molar-refractivity contribution is 6.20. The first-order chi connectivity index (χ1) is 6.99. The van der Waals surface area contributed by atoms with Gasteiger partial charge in [-0.05, 0) is 25.7 Å². The molecule has 0 N–H and O–H groups in total. The zero-order chi connectivity index (χ0) is 11.4. The van der Waals surface area contributed by atoms with Crippen LogP contribution in [0.25, 0.3) is 0 Å². The summed E-state index contributed by atoms with van der Waals surface area (Å²) in [7, 11) is 0. The van der Waals surface area contributed by atoms with Gasteiger partial charge in [0.15, 0.2) is 0 Å². The number of alkyl halides is 1. The molecule has 1 saturated heterocycles. The van der Waals surface area contributed by atoms with E-state index in [1.54, 1.807) is 0 Å². The first kappa shape index (κ1) is 12.6. The van der Waals surface area contributed by atoms with Gasteiger partial charge in [-0.1, -0.05) is 13.8 Å². The van der Waals surface area contributed by atoms with Gasteiger partial charge in [-0.15, -0.1) is 11.6 Å². The Hall–Kier alpha value is -0.440. The van der Waals surface area contributed by atoms with Crippen molar-refractivity contribution in [3.8, 4) is 0 Å². The summed E-state index contributed by atoms with van der Waals surface area (Å²) in [5.74, 6) is 0.271. The Morgan fingerprint density at radius 3 is 2.60 bits per heavy atom. The van der Waals surface area contributed by atoms with Crippen molar-refractivity contribution in [3.05, 3.63) is 0 Å². The summed E-state index contributed by atoms with van der Waals surface area (Å²) < 4.78 is 10.3. The van der Waals surface area contributed by atoms with Gasteiger partial charge in [-0.3, -0.25) is 0 Å². The zero-order valence-corrected chi connectivity index (χ0v) is 10.3. The molecule has 0 aromatic rings. The number of ether oxygens (including phenoxy) is 2. The zero-order valence-electron chi connectivity index (χ0n) is 9.53. The number of rotatable bonds is 1. The molecule has 0 saturated carbocycles. The molecule has 3 nitrogen and oxygen atoms in total. The van der Waals surface area contributed by atoms with Crippen LogP contribution < -0.4 is 0 Å². The molecule has 0 amide bonds. The van der Waals surface area contributed by atoms with Gasteiger partial charge in [0.05, 0.1) is 0 Å². The number of cyclic esters (lactones) is 2. The standard InChI is InChI=1S/C11H19ClO3/c1-7(2)10-6-9(12)5-4-8(3)14-11(13)15-10/h7-10H,4-6H2,1-3H3. The van der Waals surface area contributed by atoms with E-state index in [0.29, 0.717) is 6.42 Å². The fourth-order valence-electron chi connectivity index (χ4n) is 1.62. The van der Waals surface area contributed by atoms with Crippen molar-refractivity contribution < 1.29 is 14.3 Å². The number of halogens is 1. The maximum atomic E-state index is 11.3. The molecule has 1 fully saturated rings. The van der Waals surface area contributed by atoms with E-state index in [2.05, 4.69) is 0 Å². The highest BCUT2D eigenvalue weighted by Crippen LogP contribution is 2.23. The number of carbonyl (C=O) groups is 1. The monoisotopic (exact) mass is 234 g/mol. The maximum Gasteiger partial charge on any atom is 0.508 e. The number of carbonyl (C=O) groups excluding carboxylic acids is 1. The molecule has 0 radical (unpaired) electrons. The minimum absolute atomic E-state index is 0.0642. The quantitative estimate of drug-likeness (QED) is 0.516. The van der Waals surface area contributed by atoms with Crippen molar-refractivity contribution >= 4 is 17.8 Å². The molecule has 0 bridgehead atoms. The molecule has 1 aliphatic heterocycles. The predicted octanol–water partition coefficient (Wildman–Crippen LogP) is 3.34. The summed E-state index contributed by atoms with van der Waals surface area (Å²) in [4.78, 5) is 11.3. The van der Waals surface area contributed by atoms with Crippen molar-refractivity contribution in [2.75, 3.05) is 0 Å². The van der Waals surface area contributed by atoms with Crippen LogP contribution in [-0.4, -0.2) is 23.7 Å². The lowest BCUT2D eigenvalue weighted by Gasteiger charge is -2.21. The topological polar surface area (TPSA) is 35.5 Å². The second kappa shape index (κ2) is 5.59. The molecule has 0 aromatic heterocycles. The Bertz CT molecular complexity index is 218. The molecular weight excluding hydrogens is 216 g/mol. The Kier molecular flexibility index (Phi) is 4.71. The Labute approximate surface area is 96.1 Å². The minimum atomic E-state index is -0.563. The summed E-state index contributed by atoms with van der Waals surface area (Å²) >= 11 is 6.17. The van der Waals surface area contributed by atoms with Crippen molar-refractivity contribution in [3.63, 3.8) is 0 Å². The van der Waals surface area contributed by atoms with E-state index in [9.17, 15) is 4.79 Å². The summed E-state index contributed by atoms with van der Waals surface area (Å²) in [6.07, 6.45) is 1.57. The Morgan fingerprint density at radius 1 is 1.33 bits per heavy atom. The van der Waals surface area contributed by atoms with Crippen molar-refractivity contribution in [2.24, 2.45) is 5.92 Å². The normalized spacial score (nSPS) is 33.7. The van der Waals surface area contributed by atoms with Crippen LogP contribution in [0.15, 0.2) is 0 Å². The third-order valence-corrected chi connectivity index (χ3v) is 3.06. The van der Waals surface area contributed by atoms with Crippen LogP contribution >= 0.6 is 11.6 Å². The highest BCUT2D eigenvalue weighted by atomic mass is 35.5. The van der Waals surface area contributed by atoms with Crippen molar-refractivity contribution in [1.29, 1.82) is 0 Å². The summed E-state index contributed by atoms with van der Waals surface area (Å²) in [5, 5.41) is 0.0642. The second-order valence-electron chi connectivity index (χ2n) is 4.49. The summed E-state index contributed by atoms with van der Waals surface area (Å²) in [5.41, 5.74) is 0. The molecule has 0 aromatic carbocycles. The highest BCUT2D eigenvalue weighted by Gasteiger charge is 2.26. The first-order valence-corrected chi connectivity index (χ1v) is 5.94. The van der Waals surface area contributed by atoms with Gasteiger partial charge in [-0.25, -0.2) is 4.79 Å². The lowest BCUT2D eigenvalue weighted by Crippen LogP contribution is -2.26. The smallest absolute Gasteiger partial charge is 0.431 e. The van der Waals surface area contributed by atoms with Gasteiger partial charge in [0, 0.05) is 11.8 Å². The maximum absolute atomic E-state index is 11.3. The minimum Gasteiger partial charge on any atom is -0.431 e. The van der Waals surface area contributed by atoms with Crippen LogP contribution in [0, 0.1) is 5.92 Å². The van der Waals surface area contributed by atoms with Crippen LogP contribution in [0.5, 0.6) is 0 Å². The van der Waals surface area contributed by atoms with Crippen LogP contribution in [-0.2, 0) is 9.47 Å². The van der Waals surface area contributed by atoms with Crippen molar-refractivity contribution in [2.45, 2.75) is 57.6 Å². The molecule has 0 spiro atoms. The van der Waals surface area contributed by atoms with Gasteiger partial charge in [0.2, 0.25) is 0 Å². The van der Waals surface area contributed by atoms with E-state index in [0.717, 1.165) is 12.8 Å². The van der Waals surface area contributed by atoms with Crippen LogP contribution in [0.4, 0.5) is 4.79 Å². The Morgan fingerprint density at radius 2 is 2.00 bits per heavy atom. The molecule has 15 heavy (non-hydrogen) atoms. The fourth-order valence-corrected chi connectivity index (χ4v) is 1.92. The molecule has 1 heterocycles. The van der Waals surface area contributed by atoms with E-state index in [4.69, 9.17) is 21.1 Å². The number of hydrogen-bond acceptors (Lipinski definition) is 3. The van der Waals surface area contributed by atoms with E-state index < -0.39 is 6.16 Å². The average molecular weight is 235 g/mol. The largest absolute Gasteiger partial charge is 0.508 e. The summed E-state index contributed by atoms with van der Waals surface area (Å²) in [6, 6.07) is 0. The predicted molar refractivity (Wildman–Crippen MR) is 59.1 cm³/mol. The van der Waals surface area contributed by atoms with Gasteiger partial charge in [-0.2, -0.15) is 0 Å². The van der Waals surface area contributed by atoms with E-state index in [1.807, 2.05) is 20.8 Å². The van der Waals surface area contributed by atoms with Gasteiger partial charge in [0.25, 0.3) is 0 Å². The second-order valence-corrected chi connectivity index (χ2v) is 5.11. The van der Waals surface area contributed by atoms with Gasteiger partial charge >= 0.3 is 6.16 Å². The van der Waals surface area contributed by atoms with Crippen LogP contribution in [0.3, 0.4) is 0 Å². The third kappa shape index (κ3) is 4.29. The van der Waals surface area contributed by atoms with E-state index in [1.165, 1.54) is 0 Å². The molecule has 3 atom stereocenters. The SMILES string of the molecule is CC1CCC(Cl)CC(C(C)C)OC(=O)O1. The van der Waals surface area contributed by atoms with Crippen molar-refractivity contribution in [1.82, 2.24) is 0 Å². The Balaban J connectivity index is 2.63. The van der Waals surface area contributed by atoms with Gasteiger partial charge in [0.1, 0.15) is 12.2 Å². The molecule has 4 heteroatoms. The molecule has 3 unspecified atom stereocenters. The number of hydrogen-bond donors (Lipinski definition) is 0. The average Bonchev–Trinajstić information content (AvgIpc) is 2.17. The first-order valence-electron chi connectivity index (χ1n) is 5.50. The lowest BCUT2D eigenvalue weighted by molar-refractivity contribution is -0.00808. The van der Waals surface area contributed by atoms with Crippen LogP contribution in [0.1, 0.15) is 40.0 Å². The van der Waals surface area contributed by atoms with Gasteiger partial charge < -0.3 is 9.47 Å².